The zero-order valence-electron chi connectivity index (χ0n) is 8.41. The first kappa shape index (κ1) is 9.93. The van der Waals surface area contributed by atoms with Crippen LogP contribution in [0.3, 0.4) is 0 Å². The van der Waals surface area contributed by atoms with Crippen molar-refractivity contribution in [2.24, 2.45) is 5.92 Å². The first-order valence-electron chi connectivity index (χ1n) is 5.44. The third kappa shape index (κ3) is 1.91. The van der Waals surface area contributed by atoms with Gasteiger partial charge in [-0.25, -0.2) is 0 Å². The summed E-state index contributed by atoms with van der Waals surface area (Å²) in [5.74, 6) is 0.553. The Bertz CT molecular complexity index is 208. The number of carbonyl (C=O) groups excluding carboxylic acids is 1. The van der Waals surface area contributed by atoms with Crippen LogP contribution < -0.4 is 5.32 Å². The van der Waals surface area contributed by atoms with Crippen LogP contribution in [0.15, 0.2) is 0 Å². The lowest BCUT2D eigenvalue weighted by Crippen LogP contribution is -2.57. The summed E-state index contributed by atoms with van der Waals surface area (Å²) in [4.78, 5) is 13.7. The molecule has 2 aliphatic heterocycles. The molecule has 0 spiro atoms. The van der Waals surface area contributed by atoms with E-state index in [2.05, 4.69) is 5.32 Å². The number of aliphatic hydroxyl groups is 1. The van der Waals surface area contributed by atoms with Gasteiger partial charge in [-0.2, -0.15) is 0 Å². The Kier molecular flexibility index (Phi) is 3.03. The van der Waals surface area contributed by atoms with Crippen molar-refractivity contribution in [1.82, 2.24) is 10.2 Å². The molecule has 2 heterocycles. The van der Waals surface area contributed by atoms with Crippen molar-refractivity contribution >= 4 is 5.91 Å². The number of amides is 1. The summed E-state index contributed by atoms with van der Waals surface area (Å²) < 4.78 is 0. The number of hydrogen-bond donors (Lipinski definition) is 2. The molecular weight excluding hydrogens is 180 g/mol. The van der Waals surface area contributed by atoms with E-state index in [1.807, 2.05) is 4.90 Å². The monoisotopic (exact) mass is 198 g/mol. The van der Waals surface area contributed by atoms with Gasteiger partial charge in [0.25, 0.3) is 0 Å². The first-order valence-corrected chi connectivity index (χ1v) is 5.44. The highest BCUT2D eigenvalue weighted by Gasteiger charge is 2.34. The third-order valence-electron chi connectivity index (χ3n) is 3.14. The van der Waals surface area contributed by atoms with Crippen LogP contribution in [0, 0.1) is 5.92 Å². The van der Waals surface area contributed by atoms with Crippen molar-refractivity contribution in [2.45, 2.75) is 25.3 Å². The van der Waals surface area contributed by atoms with E-state index in [9.17, 15) is 4.79 Å². The number of aliphatic hydroxyl groups excluding tert-OH is 1. The zero-order chi connectivity index (χ0) is 9.97. The maximum atomic E-state index is 11.8. The Morgan fingerprint density at radius 1 is 1.43 bits per heavy atom. The summed E-state index contributed by atoms with van der Waals surface area (Å²) in [6.07, 6.45) is 3.31. The molecule has 1 amide bonds. The molecule has 0 aliphatic carbocycles. The van der Waals surface area contributed by atoms with Gasteiger partial charge in [0.1, 0.15) is 0 Å². The average molecular weight is 198 g/mol. The van der Waals surface area contributed by atoms with Crippen molar-refractivity contribution in [1.29, 1.82) is 0 Å². The lowest BCUT2D eigenvalue weighted by atomic mass is 9.97. The summed E-state index contributed by atoms with van der Waals surface area (Å²) in [6.45, 7) is 2.66. The number of piperidine rings is 1. The number of hydrogen-bond acceptors (Lipinski definition) is 3. The van der Waals surface area contributed by atoms with Crippen LogP contribution in [0.2, 0.25) is 0 Å². The van der Waals surface area contributed by atoms with Crippen molar-refractivity contribution < 1.29 is 9.90 Å². The van der Waals surface area contributed by atoms with Crippen LogP contribution in [0.25, 0.3) is 0 Å². The number of rotatable bonds is 2. The van der Waals surface area contributed by atoms with Gasteiger partial charge in [-0.15, -0.1) is 0 Å². The SMILES string of the molecule is O=C([C@H]1CCCCN1)N1CC(CO)C1. The molecule has 1 atom stereocenters. The van der Waals surface area contributed by atoms with Crippen molar-refractivity contribution in [2.75, 3.05) is 26.2 Å². The molecule has 2 N–H and O–H groups in total. The first-order chi connectivity index (χ1) is 6.81. The van der Waals surface area contributed by atoms with E-state index in [4.69, 9.17) is 5.11 Å². The second kappa shape index (κ2) is 4.28. The van der Waals surface area contributed by atoms with Gasteiger partial charge < -0.3 is 15.3 Å². The standard InChI is InChI=1S/C10H18N2O2/c13-7-8-5-12(6-8)10(14)9-3-1-2-4-11-9/h8-9,11,13H,1-7H2/t9-/m1/s1. The molecule has 0 aromatic rings. The highest BCUT2D eigenvalue weighted by Crippen LogP contribution is 2.18. The van der Waals surface area contributed by atoms with Gasteiger partial charge in [-0.05, 0) is 19.4 Å². The van der Waals surface area contributed by atoms with E-state index in [0.717, 1.165) is 32.5 Å². The molecular formula is C10H18N2O2. The Hall–Kier alpha value is -0.610. The fraction of sp³-hybridized carbons (Fsp3) is 0.900. The highest BCUT2D eigenvalue weighted by molar-refractivity contribution is 5.82. The number of nitrogens with one attached hydrogen (secondary N) is 1. The van der Waals surface area contributed by atoms with Crippen molar-refractivity contribution in [3.63, 3.8) is 0 Å². The van der Waals surface area contributed by atoms with Crippen LogP contribution in [-0.4, -0.2) is 48.2 Å². The van der Waals surface area contributed by atoms with Crippen molar-refractivity contribution in [3.8, 4) is 0 Å². The van der Waals surface area contributed by atoms with Gasteiger partial charge in [0.05, 0.1) is 6.04 Å². The smallest absolute Gasteiger partial charge is 0.239 e. The predicted molar refractivity (Wildman–Crippen MR) is 52.8 cm³/mol. The molecule has 0 radical (unpaired) electrons. The minimum absolute atomic E-state index is 0.0448. The van der Waals surface area contributed by atoms with Gasteiger partial charge in [-0.1, -0.05) is 6.42 Å². The normalized spacial score (nSPS) is 28.6. The predicted octanol–water partition coefficient (Wildman–Crippen LogP) is -0.421. The topological polar surface area (TPSA) is 52.6 Å². The maximum Gasteiger partial charge on any atom is 0.239 e. The number of nitrogens with zero attached hydrogens (tertiary/aromatic N) is 1. The molecule has 0 aromatic carbocycles. The molecule has 14 heavy (non-hydrogen) atoms. The Labute approximate surface area is 84.3 Å². The van der Waals surface area contributed by atoms with Crippen LogP contribution in [-0.2, 0) is 4.79 Å². The molecule has 2 saturated heterocycles. The van der Waals surface area contributed by atoms with E-state index < -0.39 is 0 Å². The molecule has 4 heteroatoms. The molecule has 0 saturated carbocycles. The fourth-order valence-corrected chi connectivity index (χ4v) is 2.15. The average Bonchev–Trinajstić information content (AvgIpc) is 2.17. The minimum atomic E-state index is 0.0448. The van der Waals surface area contributed by atoms with Crippen molar-refractivity contribution in [3.05, 3.63) is 0 Å². The maximum absolute atomic E-state index is 11.8. The Balaban J connectivity index is 1.78. The summed E-state index contributed by atoms with van der Waals surface area (Å²) in [7, 11) is 0. The van der Waals surface area contributed by atoms with E-state index >= 15 is 0 Å². The second-order valence-corrected chi connectivity index (χ2v) is 4.29. The van der Waals surface area contributed by atoms with Crippen LogP contribution >= 0.6 is 0 Å². The largest absolute Gasteiger partial charge is 0.396 e. The van der Waals surface area contributed by atoms with E-state index in [-0.39, 0.29) is 18.6 Å². The lowest BCUT2D eigenvalue weighted by Gasteiger charge is -2.41. The minimum Gasteiger partial charge on any atom is -0.396 e. The molecule has 2 rings (SSSR count). The molecule has 2 fully saturated rings. The lowest BCUT2D eigenvalue weighted by molar-refractivity contribution is -0.141. The molecule has 80 valence electrons. The van der Waals surface area contributed by atoms with Crippen LogP contribution in [0.4, 0.5) is 0 Å². The summed E-state index contributed by atoms with van der Waals surface area (Å²) in [5, 5.41) is 12.1. The molecule has 0 unspecified atom stereocenters. The highest BCUT2D eigenvalue weighted by atomic mass is 16.3. The summed E-state index contributed by atoms with van der Waals surface area (Å²) in [6, 6.07) is 0.0448. The molecule has 0 bridgehead atoms. The van der Waals surface area contributed by atoms with Gasteiger partial charge in [0, 0.05) is 25.6 Å². The second-order valence-electron chi connectivity index (χ2n) is 4.29. The van der Waals surface area contributed by atoms with Gasteiger partial charge >= 0.3 is 0 Å². The quantitative estimate of drug-likeness (QED) is 0.633. The van der Waals surface area contributed by atoms with E-state index in [1.165, 1.54) is 6.42 Å². The zero-order valence-corrected chi connectivity index (χ0v) is 8.41. The number of carbonyl (C=O) groups is 1. The van der Waals surface area contributed by atoms with Gasteiger partial charge in [-0.3, -0.25) is 4.79 Å². The third-order valence-corrected chi connectivity index (χ3v) is 3.14. The van der Waals surface area contributed by atoms with Crippen LogP contribution in [0.5, 0.6) is 0 Å². The fourth-order valence-electron chi connectivity index (χ4n) is 2.15. The Morgan fingerprint density at radius 2 is 2.21 bits per heavy atom. The van der Waals surface area contributed by atoms with Gasteiger partial charge in [0.2, 0.25) is 5.91 Å². The molecule has 4 nitrogen and oxygen atoms in total. The summed E-state index contributed by atoms with van der Waals surface area (Å²) >= 11 is 0. The Morgan fingerprint density at radius 3 is 2.79 bits per heavy atom. The molecule has 2 aliphatic rings. The van der Waals surface area contributed by atoms with Gasteiger partial charge in [0.15, 0.2) is 0 Å². The van der Waals surface area contributed by atoms with E-state index in [0.29, 0.717) is 5.92 Å². The number of likely N-dealkylation sites (tertiary alicyclic amines) is 1. The van der Waals surface area contributed by atoms with Crippen LogP contribution in [0.1, 0.15) is 19.3 Å². The van der Waals surface area contributed by atoms with E-state index in [1.54, 1.807) is 0 Å². The molecule has 0 aromatic heterocycles. The summed E-state index contributed by atoms with van der Waals surface area (Å²) in [5.41, 5.74) is 0.